The molecule has 0 spiro atoms. The van der Waals surface area contributed by atoms with E-state index in [-0.39, 0.29) is 22.1 Å². The summed E-state index contributed by atoms with van der Waals surface area (Å²) in [6, 6.07) is 10.4. The standard InChI is InChI=1S/C27H19ClN6O13S3/c28-21-24(31-27(38)32-26(21)37)29-14-7-5-12(6-8-14)25(36)30-17-11-15(48(39,40)41)9-13-10-19(50(45,46)47)22(23(35)20(13)17)34-33-16-3-1-2-4-18(16)49(42,43)44/h1-11,33H,(H,30,36)(H,39,40,41)(H,42,43,44)(H,45,46,47)(H3,29,31,32,37,38)/b34-22+. The Morgan fingerprint density at radius 2 is 1.48 bits per heavy atom. The van der Waals surface area contributed by atoms with Gasteiger partial charge in [-0.1, -0.05) is 23.7 Å². The molecule has 8 N–H and O–H groups in total. The maximum Gasteiger partial charge on any atom is 0.319 e. The molecule has 1 aliphatic carbocycles. The number of benzene rings is 3. The normalized spacial score (nSPS) is 14.1. The number of ketones is 1. The molecule has 5 rings (SSSR count). The number of para-hydroxylation sites is 1. The molecule has 1 aromatic heterocycles. The molecule has 1 aliphatic rings. The number of nitrogens with one attached hydrogen (secondary N) is 3. The SMILES string of the molecule is O=C(Nc1cc(S(=O)(=O)O)cc2c1C(=O)/C(=N/Nc1ccccc1S(=O)(=O)O)C(S(=O)(=O)O)=C2)c1ccc(Nc2nc(O)nc(O)c2Cl)cc1. The number of rotatable bonds is 9. The summed E-state index contributed by atoms with van der Waals surface area (Å²) in [5.41, 5.74) is -0.800. The van der Waals surface area contributed by atoms with Crippen LogP contribution in [0.4, 0.5) is 22.9 Å². The highest BCUT2D eigenvalue weighted by atomic mass is 35.5. The number of anilines is 4. The summed E-state index contributed by atoms with van der Waals surface area (Å²) in [7, 11) is -15.2. The topological polar surface area (TPSA) is 312 Å². The second-order valence-electron chi connectivity index (χ2n) is 9.93. The molecular weight excluding hydrogens is 748 g/mol. The monoisotopic (exact) mass is 766 g/mol. The van der Waals surface area contributed by atoms with Crippen molar-refractivity contribution in [2.24, 2.45) is 5.10 Å². The van der Waals surface area contributed by atoms with E-state index in [0.717, 1.165) is 12.1 Å². The summed E-state index contributed by atoms with van der Waals surface area (Å²) in [5, 5.41) is 27.5. The highest BCUT2D eigenvalue weighted by Crippen LogP contribution is 2.35. The number of halogens is 1. The number of fused-ring (bicyclic) bond motifs is 1. The smallest absolute Gasteiger partial charge is 0.319 e. The summed E-state index contributed by atoms with van der Waals surface area (Å²) in [5.74, 6) is -3.19. The number of carbonyl (C=O) groups is 2. The van der Waals surface area contributed by atoms with E-state index in [1.54, 1.807) is 0 Å². The Bertz CT molecular complexity index is 2510. The summed E-state index contributed by atoms with van der Waals surface area (Å²) < 4.78 is 102. The highest BCUT2D eigenvalue weighted by Gasteiger charge is 2.36. The number of aromatic nitrogens is 2. The van der Waals surface area contributed by atoms with Gasteiger partial charge in [-0.05, 0) is 60.2 Å². The molecular formula is C27H19ClN6O13S3. The Hall–Kier alpha value is -5.49. The zero-order chi connectivity index (χ0) is 36.8. The van der Waals surface area contributed by atoms with Gasteiger partial charge in [-0.15, -0.1) is 0 Å². The number of hydrogen-bond acceptors (Lipinski definition) is 15. The van der Waals surface area contributed by atoms with Crippen molar-refractivity contribution in [3.8, 4) is 11.9 Å². The first-order chi connectivity index (χ1) is 23.2. The minimum Gasteiger partial charge on any atom is -0.492 e. The third-order valence-corrected chi connectivity index (χ3v) is 9.57. The summed E-state index contributed by atoms with van der Waals surface area (Å²) in [6.07, 6.45) is 0.625. The maximum atomic E-state index is 13.8. The van der Waals surface area contributed by atoms with E-state index in [1.807, 2.05) is 0 Å². The molecule has 260 valence electrons. The van der Waals surface area contributed by atoms with Crippen LogP contribution in [0.5, 0.6) is 11.9 Å². The lowest BCUT2D eigenvalue weighted by atomic mass is 9.92. The van der Waals surface area contributed by atoms with Crippen LogP contribution in [0.2, 0.25) is 5.02 Å². The number of hydrazone groups is 1. The van der Waals surface area contributed by atoms with Crippen LogP contribution < -0.4 is 16.1 Å². The molecule has 1 heterocycles. The molecule has 50 heavy (non-hydrogen) atoms. The third kappa shape index (κ3) is 7.55. The Balaban J connectivity index is 1.55. The van der Waals surface area contributed by atoms with Crippen molar-refractivity contribution >= 4 is 88.3 Å². The van der Waals surface area contributed by atoms with Crippen molar-refractivity contribution in [2.75, 3.05) is 16.1 Å². The van der Waals surface area contributed by atoms with E-state index in [4.69, 9.17) is 11.6 Å². The lowest BCUT2D eigenvalue weighted by molar-refractivity contribution is 0.102. The van der Waals surface area contributed by atoms with Gasteiger partial charge in [0.2, 0.25) is 11.7 Å². The van der Waals surface area contributed by atoms with Crippen molar-refractivity contribution in [3.63, 3.8) is 0 Å². The molecule has 0 radical (unpaired) electrons. The predicted molar refractivity (Wildman–Crippen MR) is 175 cm³/mol. The van der Waals surface area contributed by atoms with Crippen molar-refractivity contribution in [1.29, 1.82) is 0 Å². The van der Waals surface area contributed by atoms with Gasteiger partial charge in [0, 0.05) is 11.3 Å². The quantitative estimate of drug-likeness (QED) is 0.0896. The van der Waals surface area contributed by atoms with Gasteiger partial charge in [-0.3, -0.25) is 28.7 Å². The van der Waals surface area contributed by atoms with Gasteiger partial charge in [0.25, 0.3) is 36.3 Å². The van der Waals surface area contributed by atoms with E-state index < -0.39 is 96.8 Å². The molecule has 0 unspecified atom stereocenters. The van der Waals surface area contributed by atoms with Crippen LogP contribution in [-0.2, 0) is 30.4 Å². The molecule has 0 saturated carbocycles. The third-order valence-electron chi connectivity index (χ3n) is 6.61. The number of nitrogens with zero attached hydrogens (tertiary/aromatic N) is 3. The first-order valence-electron chi connectivity index (χ1n) is 13.2. The Kier molecular flexibility index (Phi) is 9.37. The Morgan fingerprint density at radius 3 is 2.10 bits per heavy atom. The minimum absolute atomic E-state index is 0.101. The van der Waals surface area contributed by atoms with Crippen LogP contribution in [0.15, 0.2) is 80.5 Å². The fourth-order valence-electron chi connectivity index (χ4n) is 4.44. The van der Waals surface area contributed by atoms with Gasteiger partial charge in [0.05, 0.1) is 21.8 Å². The van der Waals surface area contributed by atoms with E-state index in [9.17, 15) is 58.7 Å². The van der Waals surface area contributed by atoms with E-state index in [0.29, 0.717) is 18.2 Å². The molecule has 0 bridgehead atoms. The fraction of sp³-hybridized carbons (Fsp3) is 0. The number of aromatic hydroxyl groups is 2. The summed E-state index contributed by atoms with van der Waals surface area (Å²) in [4.78, 5) is 31.2. The van der Waals surface area contributed by atoms with E-state index in [2.05, 4.69) is 31.1 Å². The van der Waals surface area contributed by atoms with E-state index in [1.165, 1.54) is 36.4 Å². The fourth-order valence-corrected chi connectivity index (χ4v) is 6.41. The molecule has 1 amide bonds. The van der Waals surface area contributed by atoms with Gasteiger partial charge in [0.1, 0.15) is 14.8 Å². The molecule has 0 aliphatic heterocycles. The van der Waals surface area contributed by atoms with Crippen molar-refractivity contribution < 1.29 is 58.7 Å². The van der Waals surface area contributed by atoms with Gasteiger partial charge in [-0.2, -0.15) is 40.3 Å². The minimum atomic E-state index is -5.30. The predicted octanol–water partition coefficient (Wildman–Crippen LogP) is 2.92. The zero-order valence-corrected chi connectivity index (χ0v) is 27.5. The van der Waals surface area contributed by atoms with Crippen molar-refractivity contribution in [3.05, 3.63) is 87.3 Å². The van der Waals surface area contributed by atoms with Crippen LogP contribution in [0, 0.1) is 0 Å². The summed E-state index contributed by atoms with van der Waals surface area (Å²) >= 11 is 5.92. The molecule has 0 saturated heterocycles. The number of Topliss-reactive ketones (excluding diaryl/α,β-unsaturated/α-hetero) is 1. The number of hydrogen-bond donors (Lipinski definition) is 8. The second kappa shape index (κ2) is 13.1. The Morgan fingerprint density at radius 1 is 0.820 bits per heavy atom. The average Bonchev–Trinajstić information content (AvgIpc) is 3.01. The lowest BCUT2D eigenvalue weighted by Gasteiger charge is -2.20. The van der Waals surface area contributed by atoms with Crippen molar-refractivity contribution in [2.45, 2.75) is 9.79 Å². The van der Waals surface area contributed by atoms with Crippen LogP contribution in [-0.4, -0.2) is 76.5 Å². The van der Waals surface area contributed by atoms with Crippen LogP contribution in [0.1, 0.15) is 26.3 Å². The van der Waals surface area contributed by atoms with Gasteiger partial charge in [-0.25, -0.2) is 0 Å². The van der Waals surface area contributed by atoms with E-state index >= 15 is 0 Å². The van der Waals surface area contributed by atoms with Crippen LogP contribution >= 0.6 is 11.6 Å². The zero-order valence-electron chi connectivity index (χ0n) is 24.3. The second-order valence-corrected chi connectivity index (χ2v) is 14.5. The highest BCUT2D eigenvalue weighted by molar-refractivity contribution is 7.91. The molecule has 23 heteroatoms. The largest absolute Gasteiger partial charge is 0.492 e. The first-order valence-corrected chi connectivity index (χ1v) is 17.9. The summed E-state index contributed by atoms with van der Waals surface area (Å²) in [6.45, 7) is 0. The molecule has 3 aromatic carbocycles. The molecule has 0 fully saturated rings. The number of allylic oxidation sites excluding steroid dienone is 1. The van der Waals surface area contributed by atoms with Gasteiger partial charge >= 0.3 is 6.01 Å². The number of amides is 1. The average molecular weight is 767 g/mol. The van der Waals surface area contributed by atoms with Gasteiger partial charge < -0.3 is 20.8 Å². The van der Waals surface area contributed by atoms with Crippen LogP contribution in [0.3, 0.4) is 0 Å². The molecule has 19 nitrogen and oxygen atoms in total. The van der Waals surface area contributed by atoms with Crippen molar-refractivity contribution in [1.82, 2.24) is 9.97 Å². The molecule has 0 atom stereocenters. The van der Waals surface area contributed by atoms with Gasteiger partial charge in [0.15, 0.2) is 11.5 Å². The first kappa shape index (κ1) is 35.8. The maximum absolute atomic E-state index is 13.8. The Labute approximate surface area is 286 Å². The number of carbonyl (C=O) groups excluding carboxylic acids is 2. The van der Waals surface area contributed by atoms with Crippen LogP contribution in [0.25, 0.3) is 6.08 Å². The lowest BCUT2D eigenvalue weighted by Crippen LogP contribution is -2.29. The molecule has 4 aromatic rings.